The molecule has 1 aliphatic heterocycles. The number of halogens is 1. The molecule has 1 aromatic heterocycles. The van der Waals surface area contributed by atoms with Crippen molar-refractivity contribution < 1.29 is 19.1 Å². The summed E-state index contributed by atoms with van der Waals surface area (Å²) in [5, 5.41) is 11.5. The molecule has 0 aliphatic carbocycles. The van der Waals surface area contributed by atoms with E-state index in [1.807, 2.05) is 0 Å². The lowest BCUT2D eigenvalue weighted by atomic mass is 10.2. The van der Waals surface area contributed by atoms with E-state index >= 15 is 0 Å². The molecule has 3 N–H and O–H groups in total. The highest BCUT2D eigenvalue weighted by Crippen LogP contribution is 2.22. The van der Waals surface area contributed by atoms with Gasteiger partial charge in [0.25, 0.3) is 5.91 Å². The molecule has 2 heterocycles. The highest BCUT2D eigenvalue weighted by molar-refractivity contribution is 7.15. The van der Waals surface area contributed by atoms with Gasteiger partial charge in [0.2, 0.25) is 5.13 Å². The second kappa shape index (κ2) is 8.99. The summed E-state index contributed by atoms with van der Waals surface area (Å²) in [6.45, 7) is 0.417. The molecule has 1 fully saturated rings. The third-order valence-electron chi connectivity index (χ3n) is 3.13. The van der Waals surface area contributed by atoms with Crippen molar-refractivity contribution in [2.24, 2.45) is 5.73 Å². The van der Waals surface area contributed by atoms with E-state index in [0.717, 1.165) is 6.42 Å². The first-order valence-electron chi connectivity index (χ1n) is 6.68. The number of methoxy groups -OCH3 is 1. The van der Waals surface area contributed by atoms with Crippen LogP contribution in [0.3, 0.4) is 0 Å². The number of aryl methyl sites for hydroxylation is 1. The van der Waals surface area contributed by atoms with E-state index in [2.05, 4.69) is 20.3 Å². The molecule has 0 saturated carbocycles. The maximum atomic E-state index is 12.0. The third kappa shape index (κ3) is 5.16. The van der Waals surface area contributed by atoms with E-state index in [1.54, 1.807) is 0 Å². The van der Waals surface area contributed by atoms with Gasteiger partial charge in [0.1, 0.15) is 11.1 Å². The molecular formula is C12H19ClN4O4S. The molecule has 0 radical (unpaired) electrons. The highest BCUT2D eigenvalue weighted by Gasteiger charge is 2.30. The molecule has 10 heteroatoms. The van der Waals surface area contributed by atoms with Gasteiger partial charge in [-0.15, -0.1) is 22.6 Å². The van der Waals surface area contributed by atoms with Gasteiger partial charge in [-0.25, -0.2) is 0 Å². The van der Waals surface area contributed by atoms with E-state index in [-0.39, 0.29) is 36.8 Å². The number of hydrogen-bond donors (Lipinski definition) is 2. The number of esters is 1. The molecule has 8 nitrogen and oxygen atoms in total. The zero-order valence-corrected chi connectivity index (χ0v) is 13.7. The number of carbonyl (C=O) groups excluding carboxylic acids is 2. The fourth-order valence-corrected chi connectivity index (χ4v) is 2.72. The quantitative estimate of drug-likeness (QED) is 0.718. The number of nitrogens with one attached hydrogen (secondary N) is 1. The van der Waals surface area contributed by atoms with Crippen molar-refractivity contribution in [3.63, 3.8) is 0 Å². The summed E-state index contributed by atoms with van der Waals surface area (Å²) in [6, 6.07) is 0. The zero-order valence-electron chi connectivity index (χ0n) is 12.1. The van der Waals surface area contributed by atoms with Crippen LogP contribution in [0, 0.1) is 0 Å². The molecular weight excluding hydrogens is 332 g/mol. The standard InChI is InChI=1S/C12H18N4O4S.ClH/c1-19-10(17)5-4-9-15-16-12(21-9)14-11(18)8-3-2-7(6-13)20-8;/h7-8H,2-6,13H2,1H3,(H,14,16,18);1H/t7-,8+;/m1./s1. The van der Waals surface area contributed by atoms with Crippen LogP contribution >= 0.6 is 23.7 Å². The lowest BCUT2D eigenvalue weighted by molar-refractivity contribution is -0.140. The average Bonchev–Trinajstić information content (AvgIpc) is 3.13. The first-order valence-corrected chi connectivity index (χ1v) is 7.49. The number of amides is 1. The van der Waals surface area contributed by atoms with E-state index in [4.69, 9.17) is 10.5 Å². The molecule has 1 aliphatic rings. The van der Waals surface area contributed by atoms with Crippen LogP contribution < -0.4 is 11.1 Å². The van der Waals surface area contributed by atoms with Crippen LogP contribution in [0.15, 0.2) is 0 Å². The molecule has 124 valence electrons. The molecule has 1 aromatic rings. The van der Waals surface area contributed by atoms with Crippen molar-refractivity contribution in [1.29, 1.82) is 0 Å². The maximum Gasteiger partial charge on any atom is 0.305 e. The first-order chi connectivity index (χ1) is 10.1. The van der Waals surface area contributed by atoms with Crippen LogP contribution in [0.1, 0.15) is 24.3 Å². The minimum atomic E-state index is -0.485. The number of ether oxygens (including phenoxy) is 2. The second-order valence-corrected chi connectivity index (χ2v) is 5.69. The van der Waals surface area contributed by atoms with Crippen LogP contribution in [0.5, 0.6) is 0 Å². The number of nitrogens with zero attached hydrogens (tertiary/aromatic N) is 2. The summed E-state index contributed by atoms with van der Waals surface area (Å²) in [5.41, 5.74) is 5.51. The van der Waals surface area contributed by atoms with E-state index in [1.165, 1.54) is 18.4 Å². The minimum absolute atomic E-state index is 0. The predicted molar refractivity (Wildman–Crippen MR) is 83.1 cm³/mol. The van der Waals surface area contributed by atoms with Crippen molar-refractivity contribution in [3.8, 4) is 0 Å². The normalized spacial score (nSPS) is 20.3. The van der Waals surface area contributed by atoms with Gasteiger partial charge in [-0.05, 0) is 12.8 Å². The van der Waals surface area contributed by atoms with Gasteiger partial charge >= 0.3 is 5.97 Å². The molecule has 2 atom stereocenters. The maximum absolute atomic E-state index is 12.0. The fraction of sp³-hybridized carbons (Fsp3) is 0.667. The van der Waals surface area contributed by atoms with Gasteiger partial charge in [0, 0.05) is 13.0 Å². The van der Waals surface area contributed by atoms with Crippen LogP contribution in [-0.4, -0.2) is 47.9 Å². The van der Waals surface area contributed by atoms with Crippen molar-refractivity contribution in [3.05, 3.63) is 5.01 Å². The molecule has 2 rings (SSSR count). The summed E-state index contributed by atoms with van der Waals surface area (Å²) in [7, 11) is 1.34. The molecule has 0 spiro atoms. The summed E-state index contributed by atoms with van der Waals surface area (Å²) >= 11 is 1.24. The largest absolute Gasteiger partial charge is 0.469 e. The Bertz CT molecular complexity index is 513. The SMILES string of the molecule is COC(=O)CCc1nnc(NC(=O)[C@@H]2CC[C@H](CN)O2)s1.Cl. The number of aromatic nitrogens is 2. The van der Waals surface area contributed by atoms with Crippen molar-refractivity contribution >= 4 is 40.8 Å². The average molecular weight is 351 g/mol. The molecule has 0 bridgehead atoms. The number of carbonyl (C=O) groups is 2. The van der Waals surface area contributed by atoms with Gasteiger partial charge in [0.15, 0.2) is 0 Å². The first kappa shape index (κ1) is 18.8. The summed E-state index contributed by atoms with van der Waals surface area (Å²) in [5.74, 6) is -0.537. The Hall–Kier alpha value is -1.29. The Kier molecular flexibility index (Phi) is 7.66. The lowest BCUT2D eigenvalue weighted by Crippen LogP contribution is -2.29. The topological polar surface area (TPSA) is 116 Å². The Morgan fingerprint density at radius 3 is 2.86 bits per heavy atom. The Labute approximate surface area is 138 Å². The predicted octanol–water partition coefficient (Wildman–Crippen LogP) is 0.510. The van der Waals surface area contributed by atoms with Crippen molar-refractivity contribution in [2.45, 2.75) is 37.9 Å². The van der Waals surface area contributed by atoms with Gasteiger partial charge in [-0.3, -0.25) is 14.9 Å². The van der Waals surface area contributed by atoms with Crippen LogP contribution in [0.4, 0.5) is 5.13 Å². The third-order valence-corrected chi connectivity index (χ3v) is 4.03. The number of nitrogens with two attached hydrogens (primary N) is 1. The van der Waals surface area contributed by atoms with E-state index in [0.29, 0.717) is 29.5 Å². The zero-order chi connectivity index (χ0) is 15.2. The number of rotatable bonds is 6. The van der Waals surface area contributed by atoms with Gasteiger partial charge in [0.05, 0.1) is 19.6 Å². The van der Waals surface area contributed by atoms with Gasteiger partial charge in [-0.1, -0.05) is 11.3 Å². The Morgan fingerprint density at radius 1 is 1.45 bits per heavy atom. The van der Waals surface area contributed by atoms with Crippen molar-refractivity contribution in [2.75, 3.05) is 19.0 Å². The fourth-order valence-electron chi connectivity index (χ4n) is 1.97. The number of hydrogen-bond acceptors (Lipinski definition) is 8. The Balaban J connectivity index is 0.00000242. The molecule has 1 amide bonds. The highest BCUT2D eigenvalue weighted by atomic mass is 35.5. The molecule has 22 heavy (non-hydrogen) atoms. The molecule has 0 aromatic carbocycles. The summed E-state index contributed by atoms with van der Waals surface area (Å²) in [4.78, 5) is 23.0. The minimum Gasteiger partial charge on any atom is -0.469 e. The van der Waals surface area contributed by atoms with Gasteiger partial charge in [-0.2, -0.15) is 0 Å². The van der Waals surface area contributed by atoms with Crippen LogP contribution in [0.25, 0.3) is 0 Å². The van der Waals surface area contributed by atoms with Crippen molar-refractivity contribution in [1.82, 2.24) is 10.2 Å². The van der Waals surface area contributed by atoms with E-state index < -0.39 is 6.10 Å². The second-order valence-electron chi connectivity index (χ2n) is 4.63. The smallest absolute Gasteiger partial charge is 0.305 e. The van der Waals surface area contributed by atoms with Crippen LogP contribution in [0.2, 0.25) is 0 Å². The number of anilines is 1. The molecule has 1 saturated heterocycles. The lowest BCUT2D eigenvalue weighted by Gasteiger charge is -2.10. The summed E-state index contributed by atoms with van der Waals surface area (Å²) < 4.78 is 10.1. The van der Waals surface area contributed by atoms with E-state index in [9.17, 15) is 9.59 Å². The monoisotopic (exact) mass is 350 g/mol. The van der Waals surface area contributed by atoms with Gasteiger partial charge < -0.3 is 15.2 Å². The summed E-state index contributed by atoms with van der Waals surface area (Å²) in [6.07, 6.45) is 1.58. The Morgan fingerprint density at radius 2 is 2.23 bits per heavy atom. The van der Waals surface area contributed by atoms with Crippen LogP contribution in [-0.2, 0) is 25.5 Å². The molecule has 0 unspecified atom stereocenters.